The normalized spacial score (nSPS) is 18.3. The molecule has 1 aliphatic heterocycles. The van der Waals surface area contributed by atoms with E-state index in [0.29, 0.717) is 30.0 Å². The minimum Gasteiger partial charge on any atom is -0.497 e. The molecule has 0 saturated carbocycles. The highest BCUT2D eigenvalue weighted by atomic mass is 19.1. The van der Waals surface area contributed by atoms with Gasteiger partial charge in [-0.3, -0.25) is 14.6 Å². The van der Waals surface area contributed by atoms with Gasteiger partial charge < -0.3 is 15.0 Å². The van der Waals surface area contributed by atoms with Gasteiger partial charge in [-0.05, 0) is 60.5 Å². The highest BCUT2D eigenvalue weighted by Crippen LogP contribution is 2.40. The van der Waals surface area contributed by atoms with Crippen molar-refractivity contribution in [2.24, 2.45) is 5.92 Å². The predicted molar refractivity (Wildman–Crippen MR) is 118 cm³/mol. The number of aromatic nitrogens is 1. The van der Waals surface area contributed by atoms with Gasteiger partial charge in [0.15, 0.2) is 0 Å². The van der Waals surface area contributed by atoms with E-state index in [0.717, 1.165) is 5.69 Å². The molecule has 1 N–H and O–H groups in total. The van der Waals surface area contributed by atoms with Gasteiger partial charge in [-0.2, -0.15) is 0 Å². The van der Waals surface area contributed by atoms with E-state index in [1.165, 1.54) is 12.1 Å². The van der Waals surface area contributed by atoms with Gasteiger partial charge in [0.05, 0.1) is 31.3 Å². The second-order valence-electron chi connectivity index (χ2n) is 7.64. The Bertz CT molecular complexity index is 1070. The van der Waals surface area contributed by atoms with Crippen LogP contribution in [0.2, 0.25) is 0 Å². The second-order valence-corrected chi connectivity index (χ2v) is 7.64. The summed E-state index contributed by atoms with van der Waals surface area (Å²) < 4.78 is 18.8. The van der Waals surface area contributed by atoms with Crippen molar-refractivity contribution >= 4 is 17.5 Å². The van der Waals surface area contributed by atoms with E-state index in [1.807, 2.05) is 18.2 Å². The third-order valence-electron chi connectivity index (χ3n) is 5.67. The SMILES string of the molecule is COc1ccc(N2C(=O)CC[C@@H](C(=O)NCc3ccccn3)[C@@H]2c2ccc(F)cc2)cc1. The summed E-state index contributed by atoms with van der Waals surface area (Å²) in [6.07, 6.45) is 2.32. The summed E-state index contributed by atoms with van der Waals surface area (Å²) in [5, 5.41) is 2.95. The maximum absolute atomic E-state index is 13.6. The lowest BCUT2D eigenvalue weighted by atomic mass is 9.83. The molecular weight excluding hydrogens is 409 g/mol. The number of rotatable bonds is 6. The van der Waals surface area contributed by atoms with E-state index in [-0.39, 0.29) is 24.1 Å². The molecule has 2 heterocycles. The first-order valence-corrected chi connectivity index (χ1v) is 10.5. The molecule has 0 aliphatic carbocycles. The average Bonchev–Trinajstić information content (AvgIpc) is 2.83. The third kappa shape index (κ3) is 4.61. The average molecular weight is 433 g/mol. The number of pyridine rings is 1. The lowest BCUT2D eigenvalue weighted by Crippen LogP contribution is -2.48. The second kappa shape index (κ2) is 9.60. The molecule has 1 saturated heterocycles. The topological polar surface area (TPSA) is 71.5 Å². The van der Waals surface area contributed by atoms with Crippen molar-refractivity contribution in [3.8, 4) is 5.75 Å². The van der Waals surface area contributed by atoms with Crippen molar-refractivity contribution in [1.82, 2.24) is 10.3 Å². The molecule has 164 valence electrons. The van der Waals surface area contributed by atoms with Gasteiger partial charge in [-0.25, -0.2) is 4.39 Å². The summed E-state index contributed by atoms with van der Waals surface area (Å²) >= 11 is 0. The fraction of sp³-hybridized carbons (Fsp3) is 0.240. The molecule has 1 fully saturated rings. The first-order chi connectivity index (χ1) is 15.6. The Morgan fingerprint density at radius 2 is 1.88 bits per heavy atom. The van der Waals surface area contributed by atoms with E-state index in [2.05, 4.69) is 10.3 Å². The minimum atomic E-state index is -0.561. The highest BCUT2D eigenvalue weighted by Gasteiger charge is 2.41. The number of benzene rings is 2. The summed E-state index contributed by atoms with van der Waals surface area (Å²) in [6.45, 7) is 0.294. The van der Waals surface area contributed by atoms with E-state index in [4.69, 9.17) is 4.74 Å². The van der Waals surface area contributed by atoms with Crippen LogP contribution in [0.3, 0.4) is 0 Å². The van der Waals surface area contributed by atoms with Crippen molar-refractivity contribution in [2.45, 2.75) is 25.4 Å². The van der Waals surface area contributed by atoms with Crippen LogP contribution in [0.5, 0.6) is 5.75 Å². The summed E-state index contributed by atoms with van der Waals surface area (Å²) in [6, 6.07) is 18.1. The van der Waals surface area contributed by atoms with Gasteiger partial charge >= 0.3 is 0 Å². The molecule has 32 heavy (non-hydrogen) atoms. The van der Waals surface area contributed by atoms with Crippen LogP contribution < -0.4 is 15.0 Å². The van der Waals surface area contributed by atoms with Crippen LogP contribution in [0.15, 0.2) is 72.9 Å². The third-order valence-corrected chi connectivity index (χ3v) is 5.67. The molecule has 0 spiro atoms. The summed E-state index contributed by atoms with van der Waals surface area (Å²) in [5.74, 6) is -0.456. The largest absolute Gasteiger partial charge is 0.497 e. The number of anilines is 1. The molecule has 0 bridgehead atoms. The van der Waals surface area contributed by atoms with Crippen molar-refractivity contribution < 1.29 is 18.7 Å². The lowest BCUT2D eigenvalue weighted by molar-refractivity contribution is -0.129. The number of ether oxygens (including phenoxy) is 1. The van der Waals surface area contributed by atoms with Crippen LogP contribution >= 0.6 is 0 Å². The molecule has 1 aromatic heterocycles. The minimum absolute atomic E-state index is 0.0849. The van der Waals surface area contributed by atoms with Gasteiger partial charge in [0.25, 0.3) is 0 Å². The number of hydrogen-bond acceptors (Lipinski definition) is 4. The molecule has 0 unspecified atom stereocenters. The molecule has 4 rings (SSSR count). The Labute approximate surface area is 186 Å². The molecule has 1 aliphatic rings. The van der Waals surface area contributed by atoms with E-state index in [1.54, 1.807) is 54.6 Å². The summed E-state index contributed by atoms with van der Waals surface area (Å²) in [7, 11) is 1.57. The number of nitrogens with one attached hydrogen (secondary N) is 1. The predicted octanol–water partition coefficient (Wildman–Crippen LogP) is 4.03. The summed E-state index contributed by atoms with van der Waals surface area (Å²) in [4.78, 5) is 32.1. The Morgan fingerprint density at radius 1 is 1.12 bits per heavy atom. The van der Waals surface area contributed by atoms with Crippen LogP contribution in [0.4, 0.5) is 10.1 Å². The van der Waals surface area contributed by atoms with Crippen LogP contribution in [0.1, 0.15) is 30.1 Å². The number of hydrogen-bond donors (Lipinski definition) is 1. The first-order valence-electron chi connectivity index (χ1n) is 10.5. The van der Waals surface area contributed by atoms with Crippen molar-refractivity contribution in [3.63, 3.8) is 0 Å². The zero-order chi connectivity index (χ0) is 22.5. The zero-order valence-corrected chi connectivity index (χ0v) is 17.7. The van der Waals surface area contributed by atoms with Crippen molar-refractivity contribution in [1.29, 1.82) is 0 Å². The first kappa shape index (κ1) is 21.5. The Hall–Kier alpha value is -3.74. The van der Waals surface area contributed by atoms with Gasteiger partial charge in [-0.15, -0.1) is 0 Å². The molecule has 2 amide bonds. The number of carbonyl (C=O) groups excluding carboxylic acids is 2. The van der Waals surface area contributed by atoms with Crippen LogP contribution in [-0.2, 0) is 16.1 Å². The fourth-order valence-electron chi connectivity index (χ4n) is 4.07. The standard InChI is InChI=1S/C25H24FN3O3/c1-32-21-11-9-20(10-12-21)29-23(30)14-13-22(24(29)17-5-7-18(26)8-6-17)25(31)28-16-19-4-2-3-15-27-19/h2-12,15,22,24H,13-14,16H2,1H3,(H,28,31)/t22-,24+/m1/s1. The number of carbonyl (C=O) groups is 2. The summed E-state index contributed by atoms with van der Waals surface area (Å²) in [5.41, 5.74) is 2.11. The molecule has 2 atom stereocenters. The molecule has 7 heteroatoms. The Morgan fingerprint density at radius 3 is 2.53 bits per heavy atom. The van der Waals surface area contributed by atoms with E-state index in [9.17, 15) is 14.0 Å². The molecule has 0 radical (unpaired) electrons. The Balaban J connectivity index is 1.66. The number of piperidine rings is 1. The number of nitrogens with zero attached hydrogens (tertiary/aromatic N) is 2. The molecule has 6 nitrogen and oxygen atoms in total. The maximum Gasteiger partial charge on any atom is 0.227 e. The molecular formula is C25H24FN3O3. The van der Waals surface area contributed by atoms with Crippen LogP contribution in [0.25, 0.3) is 0 Å². The number of methoxy groups -OCH3 is 1. The van der Waals surface area contributed by atoms with E-state index < -0.39 is 12.0 Å². The van der Waals surface area contributed by atoms with Gasteiger partial charge in [0, 0.05) is 18.3 Å². The van der Waals surface area contributed by atoms with Gasteiger partial charge in [-0.1, -0.05) is 18.2 Å². The van der Waals surface area contributed by atoms with Crippen molar-refractivity contribution in [2.75, 3.05) is 12.0 Å². The monoisotopic (exact) mass is 433 g/mol. The number of amides is 2. The van der Waals surface area contributed by atoms with Crippen LogP contribution in [0, 0.1) is 11.7 Å². The van der Waals surface area contributed by atoms with E-state index >= 15 is 0 Å². The van der Waals surface area contributed by atoms with Gasteiger partial charge in [0.2, 0.25) is 11.8 Å². The van der Waals surface area contributed by atoms with Gasteiger partial charge in [0.1, 0.15) is 11.6 Å². The number of halogens is 1. The highest BCUT2D eigenvalue weighted by molar-refractivity contribution is 5.97. The van der Waals surface area contributed by atoms with Crippen LogP contribution in [-0.4, -0.2) is 23.9 Å². The van der Waals surface area contributed by atoms with Crippen molar-refractivity contribution in [3.05, 3.63) is 90.0 Å². The Kier molecular flexibility index (Phi) is 6.44. The molecule has 3 aromatic rings. The smallest absolute Gasteiger partial charge is 0.227 e. The maximum atomic E-state index is 13.6. The lowest BCUT2D eigenvalue weighted by Gasteiger charge is -2.41. The zero-order valence-electron chi connectivity index (χ0n) is 17.7. The molecule has 2 aromatic carbocycles. The quantitative estimate of drug-likeness (QED) is 0.637. The fourth-order valence-corrected chi connectivity index (χ4v) is 4.07.